The molecule has 1 aliphatic carbocycles. The van der Waals surface area contributed by atoms with Crippen LogP contribution in [0.2, 0.25) is 0 Å². The van der Waals surface area contributed by atoms with E-state index in [-0.39, 0.29) is 0 Å². The number of nitrogens with one attached hydrogen (secondary N) is 3. The molecule has 1 aliphatic rings. The molecule has 3 N–H and O–H groups in total. The summed E-state index contributed by atoms with van der Waals surface area (Å²) in [5, 5.41) is 10.4. The number of nitrogens with zero attached hydrogens (tertiary/aromatic N) is 1. The first-order valence-corrected chi connectivity index (χ1v) is 8.39. The van der Waals surface area contributed by atoms with Gasteiger partial charge in [0.2, 0.25) is 0 Å². The number of guanidine groups is 1. The van der Waals surface area contributed by atoms with E-state index in [1.807, 2.05) is 0 Å². The van der Waals surface area contributed by atoms with Crippen LogP contribution in [0.3, 0.4) is 0 Å². The highest BCUT2D eigenvalue weighted by molar-refractivity contribution is 5.80. The topological polar surface area (TPSA) is 48.5 Å². The Kier molecular flexibility index (Phi) is 8.67. The molecule has 0 heterocycles. The number of rotatable bonds is 7. The second-order valence-electron chi connectivity index (χ2n) is 6.47. The summed E-state index contributed by atoms with van der Waals surface area (Å²) in [6, 6.07) is 1.59. The van der Waals surface area contributed by atoms with E-state index >= 15 is 0 Å². The van der Waals surface area contributed by atoms with Gasteiger partial charge in [0.25, 0.3) is 0 Å². The first-order valence-electron chi connectivity index (χ1n) is 8.39. The van der Waals surface area contributed by atoms with Gasteiger partial charge in [-0.05, 0) is 53.5 Å². The van der Waals surface area contributed by atoms with Gasteiger partial charge in [0, 0.05) is 24.7 Å². The van der Waals surface area contributed by atoms with Crippen LogP contribution in [0.15, 0.2) is 4.99 Å². The maximum absolute atomic E-state index is 4.64. The molecule has 0 atom stereocenters. The van der Waals surface area contributed by atoms with E-state index < -0.39 is 0 Å². The monoisotopic (exact) mass is 282 g/mol. The first-order chi connectivity index (χ1) is 9.58. The Bertz CT molecular complexity index is 256. The van der Waals surface area contributed by atoms with E-state index in [1.165, 1.54) is 32.1 Å². The van der Waals surface area contributed by atoms with Crippen molar-refractivity contribution in [1.82, 2.24) is 16.0 Å². The molecule has 4 nitrogen and oxygen atoms in total. The maximum Gasteiger partial charge on any atom is 0.191 e. The molecular weight excluding hydrogens is 248 g/mol. The summed E-state index contributed by atoms with van der Waals surface area (Å²) in [6.45, 7) is 10.5. The van der Waals surface area contributed by atoms with Crippen molar-refractivity contribution >= 4 is 5.96 Å². The maximum atomic E-state index is 4.64. The normalized spacial score (nSPS) is 16.5. The van der Waals surface area contributed by atoms with Gasteiger partial charge in [0.05, 0.1) is 0 Å². The average molecular weight is 282 g/mol. The third-order valence-corrected chi connectivity index (χ3v) is 3.49. The molecule has 20 heavy (non-hydrogen) atoms. The molecule has 4 heteroatoms. The number of aliphatic imine (C=N–C) groups is 1. The van der Waals surface area contributed by atoms with E-state index in [1.54, 1.807) is 0 Å². The average Bonchev–Trinajstić information content (AvgIpc) is 2.38. The summed E-state index contributed by atoms with van der Waals surface area (Å²) >= 11 is 0. The largest absolute Gasteiger partial charge is 0.354 e. The van der Waals surface area contributed by atoms with Crippen molar-refractivity contribution in [2.75, 3.05) is 13.1 Å². The van der Waals surface area contributed by atoms with Gasteiger partial charge in [0.1, 0.15) is 0 Å². The van der Waals surface area contributed by atoms with Crippen LogP contribution in [-0.4, -0.2) is 37.2 Å². The molecule has 0 bridgehead atoms. The summed E-state index contributed by atoms with van der Waals surface area (Å²) in [5.41, 5.74) is 0. The number of hydrogen-bond donors (Lipinski definition) is 3. The lowest BCUT2D eigenvalue weighted by Crippen LogP contribution is -2.44. The highest BCUT2D eigenvalue weighted by atomic mass is 15.2. The standard InChI is InChI=1S/C16H34N4/c1-13(2)19-16(20-14(3)4)18-12-8-11-17-15-9-6-5-7-10-15/h13-15,17H,5-12H2,1-4H3,(H2,18,19,20). The first kappa shape index (κ1) is 17.3. The summed E-state index contributed by atoms with van der Waals surface area (Å²) in [5.74, 6) is 0.938. The van der Waals surface area contributed by atoms with Crippen LogP contribution in [0, 0.1) is 0 Å². The molecule has 0 spiro atoms. The zero-order chi connectivity index (χ0) is 14.8. The summed E-state index contributed by atoms with van der Waals surface area (Å²) < 4.78 is 0. The Balaban J connectivity index is 2.18. The van der Waals surface area contributed by atoms with Crippen LogP contribution in [-0.2, 0) is 0 Å². The molecule has 0 unspecified atom stereocenters. The smallest absolute Gasteiger partial charge is 0.191 e. The minimum atomic E-state index is 0.417. The van der Waals surface area contributed by atoms with Crippen LogP contribution >= 0.6 is 0 Å². The minimum absolute atomic E-state index is 0.417. The van der Waals surface area contributed by atoms with Gasteiger partial charge in [-0.2, -0.15) is 0 Å². The van der Waals surface area contributed by atoms with Crippen molar-refractivity contribution in [2.45, 2.75) is 84.3 Å². The van der Waals surface area contributed by atoms with Crippen molar-refractivity contribution < 1.29 is 0 Å². The summed E-state index contributed by atoms with van der Waals surface area (Å²) in [4.78, 5) is 4.64. The van der Waals surface area contributed by atoms with Crippen molar-refractivity contribution in [3.63, 3.8) is 0 Å². The lowest BCUT2D eigenvalue weighted by Gasteiger charge is -2.22. The number of hydrogen-bond acceptors (Lipinski definition) is 2. The molecule has 0 aliphatic heterocycles. The molecule has 118 valence electrons. The van der Waals surface area contributed by atoms with Crippen LogP contribution in [0.5, 0.6) is 0 Å². The van der Waals surface area contributed by atoms with E-state index in [4.69, 9.17) is 0 Å². The molecule has 0 amide bonds. The predicted molar refractivity (Wildman–Crippen MR) is 88.3 cm³/mol. The SMILES string of the molecule is CC(C)NC(=NCCCNC1CCCCC1)NC(C)C. The Hall–Kier alpha value is -0.770. The van der Waals surface area contributed by atoms with Crippen molar-refractivity contribution in [2.24, 2.45) is 4.99 Å². The highest BCUT2D eigenvalue weighted by Crippen LogP contribution is 2.17. The molecule has 1 rings (SSSR count). The zero-order valence-corrected chi connectivity index (χ0v) is 13.8. The molecule has 0 saturated heterocycles. The van der Waals surface area contributed by atoms with E-state index in [2.05, 4.69) is 48.6 Å². The van der Waals surface area contributed by atoms with Gasteiger partial charge in [-0.1, -0.05) is 19.3 Å². The quantitative estimate of drug-likeness (QED) is 0.382. The summed E-state index contributed by atoms with van der Waals surface area (Å²) in [6.07, 6.45) is 8.05. The molecule has 0 aromatic heterocycles. The molecular formula is C16H34N4. The molecule has 1 saturated carbocycles. The van der Waals surface area contributed by atoms with Crippen LogP contribution < -0.4 is 16.0 Å². The van der Waals surface area contributed by atoms with Gasteiger partial charge in [-0.3, -0.25) is 4.99 Å². The minimum Gasteiger partial charge on any atom is -0.354 e. The lowest BCUT2D eigenvalue weighted by atomic mass is 9.95. The van der Waals surface area contributed by atoms with Crippen LogP contribution in [0.4, 0.5) is 0 Å². The molecule has 1 fully saturated rings. The van der Waals surface area contributed by atoms with Gasteiger partial charge in [-0.25, -0.2) is 0 Å². The fourth-order valence-electron chi connectivity index (χ4n) is 2.56. The Morgan fingerprint density at radius 3 is 2.15 bits per heavy atom. The van der Waals surface area contributed by atoms with Gasteiger partial charge >= 0.3 is 0 Å². The fraction of sp³-hybridized carbons (Fsp3) is 0.938. The fourth-order valence-corrected chi connectivity index (χ4v) is 2.56. The Labute approximate surface area is 125 Å². The van der Waals surface area contributed by atoms with Crippen molar-refractivity contribution in [1.29, 1.82) is 0 Å². The highest BCUT2D eigenvalue weighted by Gasteiger charge is 2.11. The van der Waals surface area contributed by atoms with E-state index in [0.29, 0.717) is 12.1 Å². The third kappa shape index (κ3) is 8.41. The predicted octanol–water partition coefficient (Wildman–Crippen LogP) is 2.65. The van der Waals surface area contributed by atoms with Crippen LogP contribution in [0.25, 0.3) is 0 Å². The van der Waals surface area contributed by atoms with E-state index in [9.17, 15) is 0 Å². The van der Waals surface area contributed by atoms with E-state index in [0.717, 1.165) is 31.5 Å². The zero-order valence-electron chi connectivity index (χ0n) is 13.8. The third-order valence-electron chi connectivity index (χ3n) is 3.49. The molecule has 0 aromatic rings. The summed E-state index contributed by atoms with van der Waals surface area (Å²) in [7, 11) is 0. The second-order valence-corrected chi connectivity index (χ2v) is 6.47. The molecule has 0 aromatic carbocycles. The Morgan fingerprint density at radius 2 is 1.60 bits per heavy atom. The van der Waals surface area contributed by atoms with Crippen molar-refractivity contribution in [3.05, 3.63) is 0 Å². The van der Waals surface area contributed by atoms with Gasteiger partial charge < -0.3 is 16.0 Å². The lowest BCUT2D eigenvalue weighted by molar-refractivity contribution is 0.373. The van der Waals surface area contributed by atoms with Gasteiger partial charge in [0.15, 0.2) is 5.96 Å². The van der Waals surface area contributed by atoms with Crippen molar-refractivity contribution in [3.8, 4) is 0 Å². The Morgan fingerprint density at radius 1 is 1.00 bits per heavy atom. The van der Waals surface area contributed by atoms with Gasteiger partial charge in [-0.15, -0.1) is 0 Å². The van der Waals surface area contributed by atoms with Crippen LogP contribution in [0.1, 0.15) is 66.2 Å². The second kappa shape index (κ2) is 10.0. The molecule has 0 radical (unpaired) electrons.